The van der Waals surface area contributed by atoms with Gasteiger partial charge in [0, 0.05) is 0 Å². The summed E-state index contributed by atoms with van der Waals surface area (Å²) >= 11 is 5.64. The monoisotopic (exact) mass is 227 g/mol. The second kappa shape index (κ2) is 4.95. The Hall–Kier alpha value is -0.600. The normalized spacial score (nSPS) is 21.6. The van der Waals surface area contributed by atoms with Crippen molar-refractivity contribution >= 4 is 11.6 Å². The molecule has 0 aliphatic carbocycles. The number of benzene rings is 1. The summed E-state index contributed by atoms with van der Waals surface area (Å²) in [4.78, 5) is 0. The molecule has 1 aromatic carbocycles. The van der Waals surface area contributed by atoms with Crippen LogP contribution >= 0.6 is 11.6 Å². The molecule has 82 valence electrons. The van der Waals surface area contributed by atoms with Gasteiger partial charge in [0.25, 0.3) is 0 Å². The van der Waals surface area contributed by atoms with Gasteiger partial charge >= 0.3 is 0 Å². The van der Waals surface area contributed by atoms with Gasteiger partial charge in [-0.05, 0) is 56.0 Å². The van der Waals surface area contributed by atoms with Crippen molar-refractivity contribution in [3.05, 3.63) is 34.6 Å². The second-order valence-electron chi connectivity index (χ2n) is 4.16. The standard InChI is InChI=1S/C12H15ClFN/c13-11-4-3-9(7-12(11)14)6-10-2-1-5-15-8-10/h3-4,7,10,15H,1-2,5-6,8H2. The summed E-state index contributed by atoms with van der Waals surface area (Å²) in [6.07, 6.45) is 3.40. The highest BCUT2D eigenvalue weighted by Crippen LogP contribution is 2.20. The van der Waals surface area contributed by atoms with E-state index in [1.165, 1.54) is 12.8 Å². The Bertz CT molecular complexity index is 334. The van der Waals surface area contributed by atoms with E-state index in [4.69, 9.17) is 11.6 Å². The molecule has 1 N–H and O–H groups in total. The highest BCUT2D eigenvalue weighted by atomic mass is 35.5. The van der Waals surface area contributed by atoms with Gasteiger partial charge in [-0.2, -0.15) is 0 Å². The fourth-order valence-corrected chi connectivity index (χ4v) is 2.22. The number of nitrogens with one attached hydrogen (secondary N) is 1. The minimum absolute atomic E-state index is 0.209. The molecule has 1 fully saturated rings. The Morgan fingerprint density at radius 2 is 2.33 bits per heavy atom. The Morgan fingerprint density at radius 1 is 1.47 bits per heavy atom. The fraction of sp³-hybridized carbons (Fsp3) is 0.500. The summed E-state index contributed by atoms with van der Waals surface area (Å²) in [5.74, 6) is 0.331. The van der Waals surface area contributed by atoms with E-state index in [2.05, 4.69) is 5.32 Å². The van der Waals surface area contributed by atoms with Gasteiger partial charge in [-0.15, -0.1) is 0 Å². The van der Waals surface area contributed by atoms with Crippen molar-refractivity contribution in [1.82, 2.24) is 5.32 Å². The van der Waals surface area contributed by atoms with E-state index >= 15 is 0 Å². The first-order valence-corrected chi connectivity index (χ1v) is 5.78. The third-order valence-corrected chi connectivity index (χ3v) is 3.21. The first-order chi connectivity index (χ1) is 7.25. The molecule has 0 aromatic heterocycles. The van der Waals surface area contributed by atoms with Crippen LogP contribution in [0.2, 0.25) is 5.02 Å². The van der Waals surface area contributed by atoms with Crippen LogP contribution in [0.3, 0.4) is 0 Å². The Kier molecular flexibility index (Phi) is 3.60. The fourth-order valence-electron chi connectivity index (χ4n) is 2.10. The van der Waals surface area contributed by atoms with E-state index in [1.807, 2.05) is 6.07 Å². The zero-order valence-corrected chi connectivity index (χ0v) is 9.36. The van der Waals surface area contributed by atoms with Crippen molar-refractivity contribution in [3.63, 3.8) is 0 Å². The minimum atomic E-state index is -0.307. The summed E-state index contributed by atoms with van der Waals surface area (Å²) < 4.78 is 13.2. The molecule has 2 rings (SSSR count). The highest BCUT2D eigenvalue weighted by Gasteiger charge is 2.13. The van der Waals surface area contributed by atoms with Crippen molar-refractivity contribution in [1.29, 1.82) is 0 Å². The summed E-state index contributed by atoms with van der Waals surface area (Å²) in [6, 6.07) is 5.11. The second-order valence-corrected chi connectivity index (χ2v) is 4.57. The van der Waals surface area contributed by atoms with Crippen molar-refractivity contribution < 1.29 is 4.39 Å². The van der Waals surface area contributed by atoms with E-state index in [0.29, 0.717) is 5.92 Å². The lowest BCUT2D eigenvalue weighted by atomic mass is 9.92. The van der Waals surface area contributed by atoms with Crippen molar-refractivity contribution in [2.45, 2.75) is 19.3 Å². The quantitative estimate of drug-likeness (QED) is 0.819. The predicted octanol–water partition coefficient (Wildman–Crippen LogP) is 3.02. The average molecular weight is 228 g/mol. The van der Waals surface area contributed by atoms with Crippen molar-refractivity contribution in [3.8, 4) is 0 Å². The van der Waals surface area contributed by atoms with Gasteiger partial charge in [0.2, 0.25) is 0 Å². The van der Waals surface area contributed by atoms with Gasteiger partial charge in [0.15, 0.2) is 0 Å². The highest BCUT2D eigenvalue weighted by molar-refractivity contribution is 6.30. The number of halogens is 2. The van der Waals surface area contributed by atoms with Crippen LogP contribution in [0.5, 0.6) is 0 Å². The predicted molar refractivity (Wildman–Crippen MR) is 60.7 cm³/mol. The van der Waals surface area contributed by atoms with E-state index < -0.39 is 0 Å². The zero-order valence-electron chi connectivity index (χ0n) is 8.60. The third-order valence-electron chi connectivity index (χ3n) is 2.91. The number of hydrogen-bond acceptors (Lipinski definition) is 1. The molecule has 1 aliphatic heterocycles. The molecule has 0 spiro atoms. The molecule has 0 amide bonds. The smallest absolute Gasteiger partial charge is 0.142 e. The average Bonchev–Trinajstić information content (AvgIpc) is 2.25. The zero-order chi connectivity index (χ0) is 10.7. The first kappa shape index (κ1) is 10.9. The van der Waals surface area contributed by atoms with E-state index in [-0.39, 0.29) is 10.8 Å². The number of hydrogen-bond donors (Lipinski definition) is 1. The summed E-state index contributed by atoms with van der Waals surface area (Å²) in [6.45, 7) is 2.16. The molecule has 1 heterocycles. The lowest BCUT2D eigenvalue weighted by Crippen LogP contribution is -2.30. The topological polar surface area (TPSA) is 12.0 Å². The van der Waals surface area contributed by atoms with Crippen LogP contribution in [0.15, 0.2) is 18.2 Å². The first-order valence-electron chi connectivity index (χ1n) is 5.40. The van der Waals surface area contributed by atoms with Gasteiger partial charge in [-0.1, -0.05) is 17.7 Å². The molecule has 1 atom stereocenters. The Labute approximate surface area is 94.6 Å². The molecular weight excluding hydrogens is 213 g/mol. The maximum Gasteiger partial charge on any atom is 0.142 e. The van der Waals surface area contributed by atoms with Gasteiger partial charge in [-0.3, -0.25) is 0 Å². The van der Waals surface area contributed by atoms with Gasteiger partial charge in [-0.25, -0.2) is 4.39 Å². The molecule has 0 bridgehead atoms. The molecule has 1 aliphatic rings. The molecule has 1 unspecified atom stereocenters. The lowest BCUT2D eigenvalue weighted by Gasteiger charge is -2.22. The van der Waals surface area contributed by atoms with Crippen LogP contribution in [0.4, 0.5) is 4.39 Å². The maximum atomic E-state index is 13.2. The van der Waals surface area contributed by atoms with Gasteiger partial charge in [0.1, 0.15) is 5.82 Å². The van der Waals surface area contributed by atoms with Crippen LogP contribution in [-0.4, -0.2) is 13.1 Å². The Morgan fingerprint density at radius 3 is 3.00 bits per heavy atom. The molecule has 1 saturated heterocycles. The minimum Gasteiger partial charge on any atom is -0.316 e. The van der Waals surface area contributed by atoms with Crippen LogP contribution in [-0.2, 0) is 6.42 Å². The molecule has 1 nitrogen and oxygen atoms in total. The largest absolute Gasteiger partial charge is 0.316 e. The molecule has 0 radical (unpaired) electrons. The molecule has 15 heavy (non-hydrogen) atoms. The van der Waals surface area contributed by atoms with Gasteiger partial charge < -0.3 is 5.32 Å². The summed E-state index contributed by atoms with van der Waals surface area (Å²) in [5, 5.41) is 3.57. The van der Waals surface area contributed by atoms with E-state index in [1.54, 1.807) is 12.1 Å². The summed E-state index contributed by atoms with van der Waals surface area (Å²) in [5.41, 5.74) is 1.05. The van der Waals surface area contributed by atoms with Gasteiger partial charge in [0.05, 0.1) is 5.02 Å². The summed E-state index contributed by atoms with van der Waals surface area (Å²) in [7, 11) is 0. The molecular formula is C12H15ClFN. The molecule has 0 saturated carbocycles. The Balaban J connectivity index is 2.00. The van der Waals surface area contributed by atoms with Crippen LogP contribution < -0.4 is 5.32 Å². The van der Waals surface area contributed by atoms with Crippen molar-refractivity contribution in [2.24, 2.45) is 5.92 Å². The molecule has 3 heteroatoms. The number of piperidine rings is 1. The SMILES string of the molecule is Fc1cc(CC2CCCNC2)ccc1Cl. The maximum absolute atomic E-state index is 13.2. The van der Waals surface area contributed by atoms with Crippen LogP contribution in [0.1, 0.15) is 18.4 Å². The third kappa shape index (κ3) is 2.93. The van der Waals surface area contributed by atoms with Crippen LogP contribution in [0, 0.1) is 11.7 Å². The van der Waals surface area contributed by atoms with E-state index in [9.17, 15) is 4.39 Å². The van der Waals surface area contributed by atoms with E-state index in [0.717, 1.165) is 25.1 Å². The van der Waals surface area contributed by atoms with Crippen LogP contribution in [0.25, 0.3) is 0 Å². The molecule has 1 aromatic rings. The van der Waals surface area contributed by atoms with Crippen molar-refractivity contribution in [2.75, 3.05) is 13.1 Å². The lowest BCUT2D eigenvalue weighted by molar-refractivity contribution is 0.375. The number of rotatable bonds is 2.